The number of nitrogens with zero attached hydrogens (tertiary/aromatic N) is 2. The molecule has 0 saturated heterocycles. The Morgan fingerprint density at radius 1 is 1.19 bits per heavy atom. The Morgan fingerprint density at radius 3 is 2.54 bits per heavy atom. The van der Waals surface area contributed by atoms with Crippen LogP contribution >= 0.6 is 0 Å². The summed E-state index contributed by atoms with van der Waals surface area (Å²) in [5.74, 6) is -1.21. The first kappa shape index (κ1) is 19.0. The number of hydrogen-bond acceptors (Lipinski definition) is 4. The van der Waals surface area contributed by atoms with E-state index in [2.05, 4.69) is 5.32 Å². The van der Waals surface area contributed by atoms with Crippen molar-refractivity contribution in [2.75, 3.05) is 11.9 Å². The molecule has 1 aromatic heterocycles. The fourth-order valence-corrected chi connectivity index (χ4v) is 2.32. The van der Waals surface area contributed by atoms with Crippen LogP contribution in [0.25, 0.3) is 5.69 Å². The summed E-state index contributed by atoms with van der Waals surface area (Å²) in [6.45, 7) is 3.06. The smallest absolute Gasteiger partial charge is 0.331 e. The van der Waals surface area contributed by atoms with Gasteiger partial charge in [-0.25, -0.2) is 9.48 Å². The summed E-state index contributed by atoms with van der Waals surface area (Å²) in [6, 6.07) is 9.09. The number of ether oxygens (including phenoxy) is 1. The molecule has 0 aliphatic carbocycles. The molecule has 7 heteroatoms. The largest absolute Gasteiger partial charge is 0.452 e. The van der Waals surface area contributed by atoms with E-state index in [-0.39, 0.29) is 11.2 Å². The fraction of sp³-hybridized carbons (Fsp3) is 0.211. The van der Waals surface area contributed by atoms with Crippen LogP contribution in [0.5, 0.6) is 0 Å². The minimum absolute atomic E-state index is 0.155. The SMILES string of the molecule is C/C=C/C=C/C(=O)OCC(=O)Nc1c(C)n(C)n(-c2ccccc2)c1=O. The van der Waals surface area contributed by atoms with E-state index in [9.17, 15) is 14.4 Å². The normalized spacial score (nSPS) is 11.2. The highest BCUT2D eigenvalue weighted by molar-refractivity contribution is 5.94. The van der Waals surface area contributed by atoms with Crippen molar-refractivity contribution in [2.45, 2.75) is 13.8 Å². The van der Waals surface area contributed by atoms with Gasteiger partial charge < -0.3 is 10.1 Å². The Labute approximate surface area is 151 Å². The second-order valence-corrected chi connectivity index (χ2v) is 5.48. The molecular formula is C19H21N3O4. The van der Waals surface area contributed by atoms with Gasteiger partial charge in [0.25, 0.3) is 11.5 Å². The van der Waals surface area contributed by atoms with Gasteiger partial charge in [-0.3, -0.25) is 14.3 Å². The predicted octanol–water partition coefficient (Wildman–Crippen LogP) is 2.10. The summed E-state index contributed by atoms with van der Waals surface area (Å²) in [5, 5.41) is 2.52. The van der Waals surface area contributed by atoms with Gasteiger partial charge in [-0.2, -0.15) is 0 Å². The lowest BCUT2D eigenvalue weighted by Crippen LogP contribution is -2.25. The van der Waals surface area contributed by atoms with E-state index in [1.165, 1.54) is 16.8 Å². The highest BCUT2D eigenvalue weighted by Crippen LogP contribution is 2.13. The van der Waals surface area contributed by atoms with Crippen molar-refractivity contribution in [1.82, 2.24) is 9.36 Å². The first-order chi connectivity index (χ1) is 12.5. The molecule has 0 unspecified atom stereocenters. The van der Waals surface area contributed by atoms with Gasteiger partial charge in [0.1, 0.15) is 5.69 Å². The van der Waals surface area contributed by atoms with E-state index in [1.807, 2.05) is 25.1 Å². The molecule has 136 valence electrons. The lowest BCUT2D eigenvalue weighted by molar-refractivity contribution is -0.142. The minimum Gasteiger partial charge on any atom is -0.452 e. The number of allylic oxidation sites excluding steroid dienone is 3. The first-order valence-electron chi connectivity index (χ1n) is 8.05. The molecule has 0 radical (unpaired) electrons. The van der Waals surface area contributed by atoms with Crippen LogP contribution in [0, 0.1) is 6.92 Å². The van der Waals surface area contributed by atoms with Crippen molar-refractivity contribution in [1.29, 1.82) is 0 Å². The summed E-state index contributed by atoms with van der Waals surface area (Å²) in [6.07, 6.45) is 6.15. The number of aromatic nitrogens is 2. The maximum Gasteiger partial charge on any atom is 0.331 e. The van der Waals surface area contributed by atoms with Crippen LogP contribution in [0.1, 0.15) is 12.6 Å². The summed E-state index contributed by atoms with van der Waals surface area (Å²) in [5.41, 5.74) is 1.07. The van der Waals surface area contributed by atoms with Crippen LogP contribution in [0.15, 0.2) is 59.4 Å². The van der Waals surface area contributed by atoms with E-state index >= 15 is 0 Å². The zero-order valence-electron chi connectivity index (χ0n) is 14.9. The average molecular weight is 355 g/mol. The van der Waals surface area contributed by atoms with Crippen molar-refractivity contribution in [3.05, 3.63) is 70.7 Å². The molecule has 0 bridgehead atoms. The zero-order valence-corrected chi connectivity index (χ0v) is 14.9. The molecule has 0 saturated carbocycles. The standard InChI is InChI=1S/C19H21N3O4/c1-4-5-7-12-17(24)26-13-16(23)20-18-14(2)21(3)22(19(18)25)15-10-8-6-9-11-15/h4-12H,13H2,1-3H3,(H,20,23)/b5-4+,12-7+. The van der Waals surface area contributed by atoms with E-state index in [0.29, 0.717) is 11.4 Å². The third kappa shape index (κ3) is 4.38. The second kappa shape index (κ2) is 8.66. The van der Waals surface area contributed by atoms with Crippen molar-refractivity contribution in [3.63, 3.8) is 0 Å². The first-order valence-corrected chi connectivity index (χ1v) is 8.05. The Bertz CT molecular complexity index is 905. The molecule has 2 aromatic rings. The fourth-order valence-electron chi connectivity index (χ4n) is 2.32. The Hall–Kier alpha value is -3.35. The van der Waals surface area contributed by atoms with Gasteiger partial charge in [-0.15, -0.1) is 0 Å². The molecule has 0 spiro atoms. The molecule has 2 rings (SSSR count). The number of esters is 1. The van der Waals surface area contributed by atoms with E-state index in [0.717, 1.165) is 0 Å². The number of benzene rings is 1. The molecule has 1 amide bonds. The maximum atomic E-state index is 12.7. The minimum atomic E-state index is -0.635. The number of para-hydroxylation sites is 1. The quantitative estimate of drug-likeness (QED) is 0.489. The second-order valence-electron chi connectivity index (χ2n) is 5.48. The number of anilines is 1. The Balaban J connectivity index is 2.12. The number of nitrogens with one attached hydrogen (secondary N) is 1. The van der Waals surface area contributed by atoms with Gasteiger partial charge >= 0.3 is 5.97 Å². The van der Waals surface area contributed by atoms with E-state index < -0.39 is 18.5 Å². The van der Waals surface area contributed by atoms with E-state index in [1.54, 1.807) is 42.9 Å². The third-order valence-corrected chi connectivity index (χ3v) is 3.70. The molecule has 26 heavy (non-hydrogen) atoms. The van der Waals surface area contributed by atoms with Gasteiger partial charge in [0.05, 0.1) is 11.4 Å². The molecule has 7 nitrogen and oxygen atoms in total. The summed E-state index contributed by atoms with van der Waals surface area (Å²) in [7, 11) is 1.73. The van der Waals surface area contributed by atoms with Gasteiger partial charge in [0, 0.05) is 13.1 Å². The summed E-state index contributed by atoms with van der Waals surface area (Å²) in [4.78, 5) is 36.1. The zero-order chi connectivity index (χ0) is 19.1. The highest BCUT2D eigenvalue weighted by Gasteiger charge is 2.18. The van der Waals surface area contributed by atoms with Gasteiger partial charge in [-0.05, 0) is 26.0 Å². The number of hydrogen-bond donors (Lipinski definition) is 1. The van der Waals surface area contributed by atoms with Gasteiger partial charge in [0.15, 0.2) is 6.61 Å². The number of amides is 1. The number of carbonyl (C=O) groups is 2. The van der Waals surface area contributed by atoms with Gasteiger partial charge in [-0.1, -0.05) is 36.4 Å². The van der Waals surface area contributed by atoms with Crippen LogP contribution in [0.4, 0.5) is 5.69 Å². The number of rotatable bonds is 6. The maximum absolute atomic E-state index is 12.7. The monoisotopic (exact) mass is 355 g/mol. The topological polar surface area (TPSA) is 82.3 Å². The molecular weight excluding hydrogens is 334 g/mol. The van der Waals surface area contributed by atoms with Crippen LogP contribution < -0.4 is 10.9 Å². The van der Waals surface area contributed by atoms with Gasteiger partial charge in [0.2, 0.25) is 0 Å². The highest BCUT2D eigenvalue weighted by atomic mass is 16.5. The Kier molecular flexibility index (Phi) is 6.32. The van der Waals surface area contributed by atoms with Crippen LogP contribution in [-0.2, 0) is 21.4 Å². The lowest BCUT2D eigenvalue weighted by atomic mass is 10.3. The molecule has 1 N–H and O–H groups in total. The molecule has 0 aliphatic heterocycles. The summed E-state index contributed by atoms with van der Waals surface area (Å²) < 4.78 is 7.94. The molecule has 0 atom stereocenters. The van der Waals surface area contributed by atoms with Crippen molar-refractivity contribution in [2.24, 2.45) is 7.05 Å². The van der Waals surface area contributed by atoms with Crippen molar-refractivity contribution >= 4 is 17.6 Å². The van der Waals surface area contributed by atoms with E-state index in [4.69, 9.17) is 4.74 Å². The predicted molar refractivity (Wildman–Crippen MR) is 99.3 cm³/mol. The van der Waals surface area contributed by atoms with Crippen LogP contribution in [-0.4, -0.2) is 27.8 Å². The molecule has 1 heterocycles. The lowest BCUT2D eigenvalue weighted by Gasteiger charge is -2.07. The Morgan fingerprint density at radius 2 is 1.88 bits per heavy atom. The number of carbonyl (C=O) groups excluding carboxylic acids is 2. The van der Waals surface area contributed by atoms with Crippen LogP contribution in [0.2, 0.25) is 0 Å². The average Bonchev–Trinajstić information content (AvgIpc) is 2.84. The third-order valence-electron chi connectivity index (χ3n) is 3.70. The summed E-state index contributed by atoms with van der Waals surface area (Å²) >= 11 is 0. The van der Waals surface area contributed by atoms with Crippen molar-refractivity contribution < 1.29 is 14.3 Å². The molecule has 0 aliphatic rings. The molecule has 1 aromatic carbocycles. The molecule has 0 fully saturated rings. The van der Waals surface area contributed by atoms with Crippen molar-refractivity contribution in [3.8, 4) is 5.69 Å². The van der Waals surface area contributed by atoms with Crippen LogP contribution in [0.3, 0.4) is 0 Å².